The number of ether oxygens (including phenoxy) is 2. The predicted molar refractivity (Wildman–Crippen MR) is 87.4 cm³/mol. The van der Waals surface area contributed by atoms with E-state index < -0.39 is 12.1 Å². The highest BCUT2D eigenvalue weighted by molar-refractivity contribution is 5.92. The minimum Gasteiger partial charge on any atom is -0.497 e. The van der Waals surface area contributed by atoms with Crippen molar-refractivity contribution in [2.45, 2.75) is 51.7 Å². The molecule has 0 heterocycles. The summed E-state index contributed by atoms with van der Waals surface area (Å²) in [5, 5.41) is 3.01. The molecule has 0 aliphatic heterocycles. The molecule has 1 fully saturated rings. The molecule has 5 nitrogen and oxygen atoms in total. The van der Waals surface area contributed by atoms with E-state index >= 15 is 0 Å². The van der Waals surface area contributed by atoms with Gasteiger partial charge in [-0.2, -0.15) is 0 Å². The van der Waals surface area contributed by atoms with Crippen molar-refractivity contribution < 1.29 is 19.1 Å². The van der Waals surface area contributed by atoms with Crippen molar-refractivity contribution in [3.05, 3.63) is 29.8 Å². The molecule has 0 saturated heterocycles. The number of benzene rings is 1. The minimum absolute atomic E-state index is 0.179. The highest BCUT2D eigenvalue weighted by atomic mass is 16.5. The average molecular weight is 319 g/mol. The zero-order chi connectivity index (χ0) is 16.8. The summed E-state index contributed by atoms with van der Waals surface area (Å²) in [6.07, 6.45) is 3.67. The van der Waals surface area contributed by atoms with Gasteiger partial charge in [-0.1, -0.05) is 19.8 Å². The van der Waals surface area contributed by atoms with Gasteiger partial charge in [0.2, 0.25) is 0 Å². The summed E-state index contributed by atoms with van der Waals surface area (Å²) in [4.78, 5) is 24.3. The number of esters is 1. The van der Waals surface area contributed by atoms with E-state index in [2.05, 4.69) is 12.2 Å². The summed E-state index contributed by atoms with van der Waals surface area (Å²) in [6, 6.07) is 6.79. The number of carbonyl (C=O) groups is 2. The van der Waals surface area contributed by atoms with Gasteiger partial charge in [-0.05, 0) is 49.9 Å². The Morgan fingerprint density at radius 1 is 1.17 bits per heavy atom. The Balaban J connectivity index is 1.87. The first kappa shape index (κ1) is 17.3. The Bertz CT molecular complexity index is 540. The molecule has 1 aliphatic rings. The monoisotopic (exact) mass is 319 g/mol. The molecular formula is C18H25NO4. The Kier molecular flexibility index (Phi) is 6.02. The topological polar surface area (TPSA) is 64.6 Å². The Morgan fingerprint density at radius 2 is 1.83 bits per heavy atom. The van der Waals surface area contributed by atoms with Crippen molar-refractivity contribution in [3.63, 3.8) is 0 Å². The fourth-order valence-electron chi connectivity index (χ4n) is 2.84. The van der Waals surface area contributed by atoms with Crippen LogP contribution in [0.1, 0.15) is 49.9 Å². The van der Waals surface area contributed by atoms with E-state index in [0.29, 0.717) is 17.2 Å². The maximum Gasteiger partial charge on any atom is 0.338 e. The highest BCUT2D eigenvalue weighted by Crippen LogP contribution is 2.23. The second kappa shape index (κ2) is 7.99. The van der Waals surface area contributed by atoms with Gasteiger partial charge in [-0.3, -0.25) is 4.79 Å². The van der Waals surface area contributed by atoms with Gasteiger partial charge in [0.25, 0.3) is 5.91 Å². The van der Waals surface area contributed by atoms with Gasteiger partial charge < -0.3 is 14.8 Å². The molecule has 0 unspecified atom stereocenters. The van der Waals surface area contributed by atoms with Gasteiger partial charge in [0.1, 0.15) is 5.75 Å². The highest BCUT2D eigenvalue weighted by Gasteiger charge is 2.26. The number of nitrogens with one attached hydrogen (secondary N) is 1. The molecule has 3 atom stereocenters. The molecule has 1 amide bonds. The molecule has 1 aliphatic carbocycles. The molecule has 1 saturated carbocycles. The van der Waals surface area contributed by atoms with Crippen LogP contribution in [0, 0.1) is 5.92 Å². The van der Waals surface area contributed by atoms with Crippen molar-refractivity contribution in [2.24, 2.45) is 5.92 Å². The van der Waals surface area contributed by atoms with Crippen molar-refractivity contribution in [2.75, 3.05) is 7.11 Å². The quantitative estimate of drug-likeness (QED) is 0.848. The second-order valence-corrected chi connectivity index (χ2v) is 6.15. The Labute approximate surface area is 137 Å². The lowest BCUT2D eigenvalue weighted by Crippen LogP contribution is -2.45. The van der Waals surface area contributed by atoms with Crippen LogP contribution in [0.15, 0.2) is 24.3 Å². The minimum atomic E-state index is -0.807. The van der Waals surface area contributed by atoms with E-state index in [1.807, 2.05) is 0 Å². The number of carbonyl (C=O) groups excluding carboxylic acids is 2. The lowest BCUT2D eigenvalue weighted by molar-refractivity contribution is -0.130. The van der Waals surface area contributed by atoms with Gasteiger partial charge in [-0.15, -0.1) is 0 Å². The largest absolute Gasteiger partial charge is 0.497 e. The zero-order valence-corrected chi connectivity index (χ0v) is 14.0. The third-order valence-corrected chi connectivity index (χ3v) is 4.42. The lowest BCUT2D eigenvalue weighted by Gasteiger charge is -2.30. The molecular weight excluding hydrogens is 294 g/mol. The third kappa shape index (κ3) is 4.71. The molecule has 5 heteroatoms. The van der Waals surface area contributed by atoms with Crippen molar-refractivity contribution >= 4 is 11.9 Å². The molecule has 0 radical (unpaired) electrons. The van der Waals surface area contributed by atoms with E-state index in [0.717, 1.165) is 19.3 Å². The zero-order valence-electron chi connectivity index (χ0n) is 14.0. The van der Waals surface area contributed by atoms with Crippen LogP contribution >= 0.6 is 0 Å². The normalized spacial score (nSPS) is 22.0. The first-order chi connectivity index (χ1) is 11.0. The molecule has 1 N–H and O–H groups in total. The van der Waals surface area contributed by atoms with Gasteiger partial charge in [0.15, 0.2) is 6.10 Å². The first-order valence-corrected chi connectivity index (χ1v) is 8.16. The number of hydrogen-bond acceptors (Lipinski definition) is 4. The third-order valence-electron chi connectivity index (χ3n) is 4.42. The van der Waals surface area contributed by atoms with Gasteiger partial charge in [0.05, 0.1) is 12.7 Å². The molecule has 0 spiro atoms. The van der Waals surface area contributed by atoms with E-state index in [1.54, 1.807) is 38.3 Å². The number of rotatable bonds is 5. The first-order valence-electron chi connectivity index (χ1n) is 8.16. The molecule has 0 aromatic heterocycles. The average Bonchev–Trinajstić information content (AvgIpc) is 2.56. The standard InChI is InChI=1S/C18H25NO4/c1-12-6-4-5-7-16(12)19-17(20)13(2)23-18(21)14-8-10-15(22-3)11-9-14/h8-13,16H,4-7H2,1-3H3,(H,19,20)/t12-,13+,16+/m0/s1. The van der Waals surface area contributed by atoms with Crippen molar-refractivity contribution in [1.82, 2.24) is 5.32 Å². The Hall–Kier alpha value is -2.04. The van der Waals surface area contributed by atoms with Crippen LogP contribution in [0.4, 0.5) is 0 Å². The molecule has 126 valence electrons. The molecule has 2 rings (SSSR count). The number of methoxy groups -OCH3 is 1. The van der Waals surface area contributed by atoms with Crippen LogP contribution in [0.2, 0.25) is 0 Å². The lowest BCUT2D eigenvalue weighted by atomic mass is 9.86. The predicted octanol–water partition coefficient (Wildman–Crippen LogP) is 2.94. The second-order valence-electron chi connectivity index (χ2n) is 6.15. The summed E-state index contributed by atoms with van der Waals surface area (Å²) in [5.41, 5.74) is 0.400. The number of hydrogen-bond donors (Lipinski definition) is 1. The van der Waals surface area contributed by atoms with E-state index in [-0.39, 0.29) is 11.9 Å². The summed E-state index contributed by atoms with van der Waals surface area (Å²) >= 11 is 0. The maximum absolute atomic E-state index is 12.2. The number of amides is 1. The summed E-state index contributed by atoms with van der Waals surface area (Å²) < 4.78 is 10.3. The van der Waals surface area contributed by atoms with Crippen molar-refractivity contribution in [3.8, 4) is 5.75 Å². The van der Waals surface area contributed by atoms with Crippen molar-refractivity contribution in [1.29, 1.82) is 0 Å². The molecule has 1 aromatic rings. The van der Waals surface area contributed by atoms with Crippen LogP contribution in [-0.2, 0) is 9.53 Å². The maximum atomic E-state index is 12.2. The van der Waals surface area contributed by atoms with Crippen LogP contribution in [0.5, 0.6) is 5.75 Å². The molecule has 1 aromatic carbocycles. The van der Waals surface area contributed by atoms with Crippen LogP contribution in [0.3, 0.4) is 0 Å². The fourth-order valence-corrected chi connectivity index (χ4v) is 2.84. The smallest absolute Gasteiger partial charge is 0.338 e. The van der Waals surface area contributed by atoms with E-state index in [9.17, 15) is 9.59 Å². The van der Waals surface area contributed by atoms with Gasteiger partial charge in [-0.25, -0.2) is 4.79 Å². The molecule has 0 bridgehead atoms. The summed E-state index contributed by atoms with van der Waals surface area (Å²) in [6.45, 7) is 3.75. The van der Waals surface area contributed by atoms with Gasteiger partial charge >= 0.3 is 5.97 Å². The summed E-state index contributed by atoms with van der Waals surface area (Å²) in [5.74, 6) is 0.397. The summed E-state index contributed by atoms with van der Waals surface area (Å²) in [7, 11) is 1.56. The van der Waals surface area contributed by atoms with E-state index in [4.69, 9.17) is 9.47 Å². The van der Waals surface area contributed by atoms with Gasteiger partial charge in [0, 0.05) is 6.04 Å². The van der Waals surface area contributed by atoms with Crippen LogP contribution in [-0.4, -0.2) is 31.1 Å². The Morgan fingerprint density at radius 3 is 2.43 bits per heavy atom. The van der Waals surface area contributed by atoms with Crippen LogP contribution < -0.4 is 10.1 Å². The fraction of sp³-hybridized carbons (Fsp3) is 0.556. The molecule has 23 heavy (non-hydrogen) atoms. The van der Waals surface area contributed by atoms with Crippen LogP contribution in [0.25, 0.3) is 0 Å². The van der Waals surface area contributed by atoms with E-state index in [1.165, 1.54) is 6.42 Å². The SMILES string of the molecule is COc1ccc(C(=O)O[C@H](C)C(=O)N[C@@H]2CCCC[C@@H]2C)cc1.